The highest BCUT2D eigenvalue weighted by Gasteiger charge is 2.23. The molecule has 0 amide bonds. The van der Waals surface area contributed by atoms with Gasteiger partial charge in [0, 0.05) is 17.1 Å². The molecule has 0 N–H and O–H groups in total. The molecule has 2 aromatic heterocycles. The number of benzene rings is 3. The van der Waals surface area contributed by atoms with Crippen molar-refractivity contribution >= 4 is 21.0 Å². The molecule has 4 nitrogen and oxygen atoms in total. The molecular weight excluding hydrogens is 413 g/mol. The van der Waals surface area contributed by atoms with Crippen LogP contribution in [-0.2, 0) is 10.0 Å². The molecule has 31 heavy (non-hydrogen) atoms. The molecule has 2 heterocycles. The van der Waals surface area contributed by atoms with Gasteiger partial charge in [-0.3, -0.25) is 0 Å². The zero-order valence-corrected chi connectivity index (χ0v) is 17.1. The summed E-state index contributed by atoms with van der Waals surface area (Å²) in [5, 5.41) is 0.930. The van der Waals surface area contributed by atoms with E-state index in [1.807, 2.05) is 30.3 Å². The quantitative estimate of drug-likeness (QED) is 0.345. The lowest BCUT2D eigenvalue weighted by atomic mass is 10.0. The molecule has 6 heteroatoms. The molecule has 3 aromatic carbocycles. The number of nitrogens with zero attached hydrogens (tertiary/aromatic N) is 1. The van der Waals surface area contributed by atoms with Crippen molar-refractivity contribution < 1.29 is 17.2 Å². The Kier molecular flexibility index (Phi) is 4.52. The summed E-state index contributed by atoms with van der Waals surface area (Å²) in [7, 11) is -3.98. The molecule has 0 saturated carbocycles. The molecule has 0 aliphatic rings. The first-order valence-electron chi connectivity index (χ1n) is 9.56. The second kappa shape index (κ2) is 7.25. The minimum absolute atomic E-state index is 0.102. The van der Waals surface area contributed by atoms with Gasteiger partial charge in [-0.2, -0.15) is 0 Å². The zero-order valence-electron chi connectivity index (χ0n) is 16.3. The Labute approximate surface area is 179 Å². The van der Waals surface area contributed by atoms with Crippen LogP contribution in [0.2, 0.25) is 0 Å². The number of hydrogen-bond donors (Lipinski definition) is 0. The molecule has 0 bridgehead atoms. The maximum Gasteiger partial charge on any atom is 0.268 e. The molecule has 0 aliphatic carbocycles. The van der Waals surface area contributed by atoms with Gasteiger partial charge >= 0.3 is 0 Å². The summed E-state index contributed by atoms with van der Waals surface area (Å²) in [5.41, 5.74) is 3.28. The fraction of sp³-hybridized carbons (Fsp3) is 0. The van der Waals surface area contributed by atoms with Gasteiger partial charge in [0.2, 0.25) is 0 Å². The van der Waals surface area contributed by atoms with Crippen molar-refractivity contribution in [3.05, 3.63) is 110 Å². The van der Waals surface area contributed by atoms with E-state index < -0.39 is 15.8 Å². The minimum atomic E-state index is -3.98. The lowest BCUT2D eigenvalue weighted by Gasteiger charge is -2.12. The SMILES string of the molecule is [CH2]c1cc(-c2ccccc2F)n(S(=O)(=O)c2cccc(-c3ccc4occc4c3)c2)c1. The average Bonchev–Trinajstić information content (AvgIpc) is 3.40. The molecule has 0 spiro atoms. The van der Waals surface area contributed by atoms with E-state index in [1.165, 1.54) is 18.3 Å². The van der Waals surface area contributed by atoms with Crippen molar-refractivity contribution in [3.63, 3.8) is 0 Å². The zero-order chi connectivity index (χ0) is 21.6. The summed E-state index contributed by atoms with van der Waals surface area (Å²) >= 11 is 0. The normalized spacial score (nSPS) is 11.8. The number of aromatic nitrogens is 1. The fourth-order valence-electron chi connectivity index (χ4n) is 3.66. The first-order valence-corrected chi connectivity index (χ1v) is 11.0. The molecule has 0 fully saturated rings. The van der Waals surface area contributed by atoms with Crippen LogP contribution in [0.3, 0.4) is 0 Å². The largest absolute Gasteiger partial charge is 0.464 e. The van der Waals surface area contributed by atoms with E-state index >= 15 is 0 Å². The van der Waals surface area contributed by atoms with E-state index in [-0.39, 0.29) is 16.2 Å². The van der Waals surface area contributed by atoms with Gasteiger partial charge in [0.15, 0.2) is 0 Å². The van der Waals surface area contributed by atoms with Crippen LogP contribution in [0.1, 0.15) is 5.56 Å². The Hall–Kier alpha value is -3.64. The Balaban J connectivity index is 1.63. The Morgan fingerprint density at radius 1 is 0.871 bits per heavy atom. The van der Waals surface area contributed by atoms with Crippen LogP contribution >= 0.6 is 0 Å². The summed E-state index contributed by atoms with van der Waals surface area (Å²) in [4.78, 5) is 0.102. The van der Waals surface area contributed by atoms with Crippen molar-refractivity contribution in [2.24, 2.45) is 0 Å². The van der Waals surface area contributed by atoms with Gasteiger partial charge in [-0.05, 0) is 72.1 Å². The van der Waals surface area contributed by atoms with Crippen molar-refractivity contribution in [2.45, 2.75) is 4.90 Å². The van der Waals surface area contributed by atoms with Crippen LogP contribution in [0.15, 0.2) is 101 Å². The van der Waals surface area contributed by atoms with Gasteiger partial charge in [-0.15, -0.1) is 0 Å². The lowest BCUT2D eigenvalue weighted by Crippen LogP contribution is -2.13. The number of rotatable bonds is 4. The summed E-state index contributed by atoms with van der Waals surface area (Å²) in [5.74, 6) is -0.501. The third-order valence-electron chi connectivity index (χ3n) is 5.17. The molecule has 0 saturated heterocycles. The number of furan rings is 1. The molecular formula is C25H17FNO3S. The van der Waals surface area contributed by atoms with Gasteiger partial charge in [0.25, 0.3) is 10.0 Å². The van der Waals surface area contributed by atoms with E-state index in [2.05, 4.69) is 6.92 Å². The van der Waals surface area contributed by atoms with Gasteiger partial charge < -0.3 is 4.42 Å². The van der Waals surface area contributed by atoms with Gasteiger partial charge in [0.05, 0.1) is 16.9 Å². The third-order valence-corrected chi connectivity index (χ3v) is 6.84. The van der Waals surface area contributed by atoms with Gasteiger partial charge in [0.1, 0.15) is 11.4 Å². The molecule has 5 aromatic rings. The Bertz CT molecular complexity index is 1530. The molecule has 1 radical (unpaired) electrons. The van der Waals surface area contributed by atoms with Gasteiger partial charge in [-0.25, -0.2) is 16.8 Å². The molecule has 0 unspecified atom stereocenters. The maximum absolute atomic E-state index is 14.4. The molecule has 0 atom stereocenters. The van der Waals surface area contributed by atoms with E-state index in [0.717, 1.165) is 26.1 Å². The topological polar surface area (TPSA) is 52.2 Å². The monoisotopic (exact) mass is 430 g/mol. The van der Waals surface area contributed by atoms with E-state index in [4.69, 9.17) is 4.42 Å². The highest BCUT2D eigenvalue weighted by molar-refractivity contribution is 7.90. The van der Waals surface area contributed by atoms with E-state index in [0.29, 0.717) is 5.56 Å². The Morgan fingerprint density at radius 3 is 2.52 bits per heavy atom. The number of hydrogen-bond acceptors (Lipinski definition) is 3. The van der Waals surface area contributed by atoms with Crippen molar-refractivity contribution in [2.75, 3.05) is 0 Å². The number of fused-ring (bicyclic) bond motifs is 1. The van der Waals surface area contributed by atoms with Crippen molar-refractivity contribution in [1.29, 1.82) is 0 Å². The fourth-order valence-corrected chi connectivity index (χ4v) is 5.09. The van der Waals surface area contributed by atoms with Crippen LogP contribution in [0, 0.1) is 12.7 Å². The minimum Gasteiger partial charge on any atom is -0.464 e. The van der Waals surface area contributed by atoms with Crippen molar-refractivity contribution in [3.8, 4) is 22.4 Å². The molecule has 5 rings (SSSR count). The second-order valence-electron chi connectivity index (χ2n) is 7.22. The predicted molar refractivity (Wildman–Crippen MR) is 119 cm³/mol. The van der Waals surface area contributed by atoms with Gasteiger partial charge in [-0.1, -0.05) is 30.3 Å². The smallest absolute Gasteiger partial charge is 0.268 e. The molecule has 0 aliphatic heterocycles. The number of halogens is 1. The lowest BCUT2D eigenvalue weighted by molar-refractivity contribution is 0.587. The van der Waals surface area contributed by atoms with Crippen LogP contribution in [0.25, 0.3) is 33.4 Å². The highest BCUT2D eigenvalue weighted by Crippen LogP contribution is 2.31. The standard InChI is InChI=1S/C25H17FNO3S/c1-17-13-24(22-7-2-3-8-23(22)26)27(16-17)31(28,29)21-6-4-5-18(15-21)19-9-10-25-20(14-19)11-12-30-25/h2-16H,1H2. The summed E-state index contributed by atoms with van der Waals surface area (Å²) in [6.45, 7) is 3.84. The first-order chi connectivity index (χ1) is 14.9. The molecule has 153 valence electrons. The third kappa shape index (κ3) is 3.35. The van der Waals surface area contributed by atoms with Crippen LogP contribution in [-0.4, -0.2) is 12.4 Å². The highest BCUT2D eigenvalue weighted by atomic mass is 32.2. The van der Waals surface area contributed by atoms with E-state index in [1.54, 1.807) is 42.7 Å². The summed E-state index contributed by atoms with van der Waals surface area (Å²) < 4.78 is 47.9. The summed E-state index contributed by atoms with van der Waals surface area (Å²) in [6, 6.07) is 21.9. The average molecular weight is 430 g/mol. The van der Waals surface area contributed by atoms with Crippen LogP contribution in [0.4, 0.5) is 4.39 Å². The predicted octanol–water partition coefficient (Wildman–Crippen LogP) is 6.13. The summed E-state index contributed by atoms with van der Waals surface area (Å²) in [6.07, 6.45) is 3.02. The van der Waals surface area contributed by atoms with E-state index in [9.17, 15) is 12.8 Å². The first kappa shape index (κ1) is 19.3. The Morgan fingerprint density at radius 2 is 1.68 bits per heavy atom. The van der Waals surface area contributed by atoms with Crippen molar-refractivity contribution in [1.82, 2.24) is 3.97 Å². The van der Waals surface area contributed by atoms with Crippen LogP contribution < -0.4 is 0 Å². The maximum atomic E-state index is 14.4. The van der Waals surface area contributed by atoms with Crippen LogP contribution in [0.5, 0.6) is 0 Å². The second-order valence-corrected chi connectivity index (χ2v) is 9.03.